The number of aromatic hydroxyl groups is 1. The van der Waals surface area contributed by atoms with Crippen molar-refractivity contribution < 1.29 is 9.52 Å². The van der Waals surface area contributed by atoms with Gasteiger partial charge < -0.3 is 14.8 Å². The average Bonchev–Trinajstić information content (AvgIpc) is 2.57. The quantitative estimate of drug-likeness (QED) is 0.782. The van der Waals surface area contributed by atoms with E-state index in [0.717, 1.165) is 29.6 Å². The van der Waals surface area contributed by atoms with Crippen LogP contribution in [0.5, 0.6) is 5.75 Å². The zero-order valence-electron chi connectivity index (χ0n) is 8.08. The van der Waals surface area contributed by atoms with Gasteiger partial charge in [-0.2, -0.15) is 0 Å². The van der Waals surface area contributed by atoms with Gasteiger partial charge in [-0.1, -0.05) is 6.92 Å². The first-order chi connectivity index (χ1) is 6.81. The minimum Gasteiger partial charge on any atom is -0.508 e. The highest BCUT2D eigenvalue weighted by molar-refractivity contribution is 5.82. The highest BCUT2D eigenvalue weighted by atomic mass is 16.3. The van der Waals surface area contributed by atoms with Crippen molar-refractivity contribution in [3.8, 4) is 5.75 Å². The Bertz CT molecular complexity index is 434. The predicted octanol–water partition coefficient (Wildman–Crippen LogP) is 2.25. The first-order valence-electron chi connectivity index (χ1n) is 4.71. The third-order valence-electron chi connectivity index (χ3n) is 2.20. The van der Waals surface area contributed by atoms with E-state index in [2.05, 4.69) is 12.2 Å². The number of phenolic OH excluding ortho intramolecular Hbond substituents is 1. The predicted molar refractivity (Wildman–Crippen MR) is 55.3 cm³/mol. The van der Waals surface area contributed by atoms with Crippen LogP contribution in [-0.4, -0.2) is 11.7 Å². The summed E-state index contributed by atoms with van der Waals surface area (Å²) < 4.78 is 5.33. The van der Waals surface area contributed by atoms with E-state index in [1.807, 2.05) is 6.07 Å². The maximum Gasteiger partial charge on any atom is 0.137 e. The van der Waals surface area contributed by atoms with Gasteiger partial charge in [0.2, 0.25) is 0 Å². The van der Waals surface area contributed by atoms with Gasteiger partial charge in [-0.3, -0.25) is 0 Å². The van der Waals surface area contributed by atoms with Crippen molar-refractivity contribution in [2.24, 2.45) is 0 Å². The molecule has 0 atom stereocenters. The second-order valence-electron chi connectivity index (χ2n) is 3.22. The molecule has 2 aromatic rings. The lowest BCUT2D eigenvalue weighted by molar-refractivity contribution is 0.474. The molecule has 0 bridgehead atoms. The zero-order chi connectivity index (χ0) is 9.97. The Labute approximate surface area is 82.3 Å². The van der Waals surface area contributed by atoms with Crippen LogP contribution in [0.3, 0.4) is 0 Å². The average molecular weight is 191 g/mol. The summed E-state index contributed by atoms with van der Waals surface area (Å²) in [4.78, 5) is 0. The van der Waals surface area contributed by atoms with E-state index in [1.165, 1.54) is 0 Å². The van der Waals surface area contributed by atoms with Crippen LogP contribution in [0.15, 0.2) is 28.9 Å². The smallest absolute Gasteiger partial charge is 0.137 e. The SMILES string of the molecule is CCNCc1coc2cc(O)ccc12. The van der Waals surface area contributed by atoms with E-state index >= 15 is 0 Å². The summed E-state index contributed by atoms with van der Waals surface area (Å²) in [6.45, 7) is 3.80. The van der Waals surface area contributed by atoms with E-state index in [4.69, 9.17) is 4.42 Å². The molecule has 0 saturated carbocycles. The van der Waals surface area contributed by atoms with Crippen LogP contribution in [0.25, 0.3) is 11.0 Å². The number of rotatable bonds is 3. The van der Waals surface area contributed by atoms with E-state index in [9.17, 15) is 5.11 Å². The number of hydrogen-bond acceptors (Lipinski definition) is 3. The highest BCUT2D eigenvalue weighted by Crippen LogP contribution is 2.24. The number of benzene rings is 1. The molecule has 0 fully saturated rings. The fraction of sp³-hybridized carbons (Fsp3) is 0.273. The Kier molecular flexibility index (Phi) is 2.41. The maximum absolute atomic E-state index is 9.24. The summed E-state index contributed by atoms with van der Waals surface area (Å²) in [6.07, 6.45) is 1.73. The maximum atomic E-state index is 9.24. The lowest BCUT2D eigenvalue weighted by Gasteiger charge is -1.98. The van der Waals surface area contributed by atoms with Gasteiger partial charge in [0.05, 0.1) is 6.26 Å². The third-order valence-corrected chi connectivity index (χ3v) is 2.20. The number of hydrogen-bond donors (Lipinski definition) is 2. The number of nitrogens with one attached hydrogen (secondary N) is 1. The van der Waals surface area contributed by atoms with Gasteiger partial charge in [0.15, 0.2) is 0 Å². The fourth-order valence-corrected chi connectivity index (χ4v) is 1.47. The Morgan fingerprint density at radius 3 is 3.07 bits per heavy atom. The summed E-state index contributed by atoms with van der Waals surface area (Å²) >= 11 is 0. The van der Waals surface area contributed by atoms with Crippen molar-refractivity contribution in [2.45, 2.75) is 13.5 Å². The van der Waals surface area contributed by atoms with Crippen LogP contribution in [-0.2, 0) is 6.54 Å². The van der Waals surface area contributed by atoms with Crippen LogP contribution in [0.2, 0.25) is 0 Å². The normalized spacial score (nSPS) is 10.9. The topological polar surface area (TPSA) is 45.4 Å². The molecule has 2 rings (SSSR count). The molecule has 0 spiro atoms. The molecule has 1 heterocycles. The first kappa shape index (κ1) is 9.09. The van der Waals surface area contributed by atoms with Crippen LogP contribution in [0.1, 0.15) is 12.5 Å². The summed E-state index contributed by atoms with van der Waals surface area (Å²) in [5.74, 6) is 0.238. The van der Waals surface area contributed by atoms with Gasteiger partial charge in [0, 0.05) is 23.6 Å². The number of fused-ring (bicyclic) bond motifs is 1. The fourth-order valence-electron chi connectivity index (χ4n) is 1.47. The van der Waals surface area contributed by atoms with Crippen molar-refractivity contribution >= 4 is 11.0 Å². The van der Waals surface area contributed by atoms with E-state index in [1.54, 1.807) is 18.4 Å². The molecule has 0 unspecified atom stereocenters. The lowest BCUT2D eigenvalue weighted by Crippen LogP contribution is -2.11. The molecule has 3 heteroatoms. The molecule has 14 heavy (non-hydrogen) atoms. The summed E-state index contributed by atoms with van der Waals surface area (Å²) in [6, 6.07) is 5.18. The minimum atomic E-state index is 0.238. The first-order valence-corrected chi connectivity index (χ1v) is 4.71. The summed E-state index contributed by atoms with van der Waals surface area (Å²) in [5.41, 5.74) is 1.86. The lowest BCUT2D eigenvalue weighted by atomic mass is 10.2. The van der Waals surface area contributed by atoms with E-state index in [-0.39, 0.29) is 5.75 Å². The van der Waals surface area contributed by atoms with Gasteiger partial charge in [0.1, 0.15) is 11.3 Å². The number of phenols is 1. The Morgan fingerprint density at radius 1 is 1.43 bits per heavy atom. The summed E-state index contributed by atoms with van der Waals surface area (Å²) in [5, 5.41) is 13.5. The Morgan fingerprint density at radius 2 is 2.29 bits per heavy atom. The molecule has 0 aliphatic carbocycles. The van der Waals surface area contributed by atoms with Crippen LogP contribution in [0.4, 0.5) is 0 Å². The molecule has 0 aliphatic rings. The van der Waals surface area contributed by atoms with Gasteiger partial charge >= 0.3 is 0 Å². The Balaban J connectivity index is 2.37. The molecule has 0 saturated heterocycles. The van der Waals surface area contributed by atoms with Gasteiger partial charge in [-0.05, 0) is 18.7 Å². The molecule has 3 nitrogen and oxygen atoms in total. The minimum absolute atomic E-state index is 0.238. The van der Waals surface area contributed by atoms with Crippen LogP contribution >= 0.6 is 0 Å². The van der Waals surface area contributed by atoms with E-state index < -0.39 is 0 Å². The third kappa shape index (κ3) is 1.59. The van der Waals surface area contributed by atoms with E-state index in [0.29, 0.717) is 0 Å². The molecule has 0 amide bonds. The second-order valence-corrected chi connectivity index (χ2v) is 3.22. The molecule has 1 aromatic carbocycles. The second kappa shape index (κ2) is 3.72. The number of furan rings is 1. The molecular formula is C11H13NO2. The van der Waals surface area contributed by atoms with Gasteiger partial charge in [-0.25, -0.2) is 0 Å². The van der Waals surface area contributed by atoms with Crippen LogP contribution in [0, 0.1) is 0 Å². The molecule has 2 N–H and O–H groups in total. The standard InChI is InChI=1S/C11H13NO2/c1-2-12-6-8-7-14-11-5-9(13)3-4-10(8)11/h3-5,7,12-13H,2,6H2,1H3. The summed E-state index contributed by atoms with van der Waals surface area (Å²) in [7, 11) is 0. The molecule has 74 valence electrons. The zero-order valence-corrected chi connectivity index (χ0v) is 8.08. The van der Waals surface area contributed by atoms with Crippen molar-refractivity contribution in [2.75, 3.05) is 6.54 Å². The Hall–Kier alpha value is -1.48. The highest BCUT2D eigenvalue weighted by Gasteiger charge is 2.05. The van der Waals surface area contributed by atoms with Gasteiger partial charge in [-0.15, -0.1) is 0 Å². The molecular weight excluding hydrogens is 178 g/mol. The van der Waals surface area contributed by atoms with Crippen molar-refractivity contribution in [3.05, 3.63) is 30.0 Å². The van der Waals surface area contributed by atoms with Crippen LogP contribution < -0.4 is 5.32 Å². The van der Waals surface area contributed by atoms with Gasteiger partial charge in [0.25, 0.3) is 0 Å². The van der Waals surface area contributed by atoms with Crippen molar-refractivity contribution in [1.82, 2.24) is 5.32 Å². The largest absolute Gasteiger partial charge is 0.508 e. The van der Waals surface area contributed by atoms with Crippen molar-refractivity contribution in [1.29, 1.82) is 0 Å². The molecule has 0 radical (unpaired) electrons. The monoisotopic (exact) mass is 191 g/mol. The molecule has 1 aromatic heterocycles. The molecule has 0 aliphatic heterocycles. The van der Waals surface area contributed by atoms with Crippen molar-refractivity contribution in [3.63, 3.8) is 0 Å².